The first-order valence-corrected chi connectivity index (χ1v) is 6.94. The number of ether oxygens (including phenoxy) is 1. The summed E-state index contributed by atoms with van der Waals surface area (Å²) in [5.74, 6) is 0.251. The third-order valence-corrected chi connectivity index (χ3v) is 3.08. The van der Waals surface area contributed by atoms with Crippen molar-refractivity contribution in [1.29, 1.82) is 0 Å². The molecule has 22 heavy (non-hydrogen) atoms. The Labute approximate surface area is 133 Å². The van der Waals surface area contributed by atoms with E-state index < -0.39 is 5.91 Å². The lowest BCUT2D eigenvalue weighted by molar-refractivity contribution is -0.123. The average Bonchev–Trinajstić information content (AvgIpc) is 2.52. The summed E-state index contributed by atoms with van der Waals surface area (Å²) in [4.78, 5) is 11.7. The molecule has 0 bridgehead atoms. The smallest absolute Gasteiger partial charge is 0.277 e. The fourth-order valence-electron chi connectivity index (χ4n) is 1.70. The lowest BCUT2D eigenvalue weighted by Gasteiger charge is -2.06. The molecule has 0 unspecified atom stereocenters. The second kappa shape index (κ2) is 7.47. The summed E-state index contributed by atoms with van der Waals surface area (Å²) in [5.41, 5.74) is 3.43. The second-order valence-corrected chi connectivity index (χ2v) is 4.93. The minimum atomic E-state index is -0.398. The van der Waals surface area contributed by atoms with E-state index in [-0.39, 0.29) is 12.4 Å². The molecule has 0 heterocycles. The van der Waals surface area contributed by atoms with Crippen molar-refractivity contribution in [3.63, 3.8) is 0 Å². The summed E-state index contributed by atoms with van der Waals surface area (Å²) in [7, 11) is 0. The number of nitrogens with zero attached hydrogens (tertiary/aromatic N) is 1. The van der Waals surface area contributed by atoms with Gasteiger partial charge in [-0.3, -0.25) is 4.79 Å². The molecule has 114 valence electrons. The Bertz CT molecular complexity index is 684. The van der Waals surface area contributed by atoms with E-state index in [1.54, 1.807) is 55.5 Å². The molecule has 2 aromatic carbocycles. The zero-order valence-corrected chi connectivity index (χ0v) is 12.7. The fourth-order valence-corrected chi connectivity index (χ4v) is 1.82. The molecule has 5 nitrogen and oxygen atoms in total. The zero-order valence-electron chi connectivity index (χ0n) is 11.9. The highest BCUT2D eigenvalue weighted by atomic mass is 35.5. The van der Waals surface area contributed by atoms with Crippen molar-refractivity contribution < 1.29 is 14.6 Å². The Balaban J connectivity index is 1.88. The van der Waals surface area contributed by atoms with Gasteiger partial charge in [0, 0.05) is 10.6 Å². The molecule has 0 aromatic heterocycles. The number of carbonyl (C=O) groups excluding carboxylic acids is 1. The van der Waals surface area contributed by atoms with Crippen molar-refractivity contribution in [3.05, 3.63) is 59.1 Å². The summed E-state index contributed by atoms with van der Waals surface area (Å²) in [6.07, 6.45) is 0. The topological polar surface area (TPSA) is 70.9 Å². The average molecular weight is 319 g/mol. The molecule has 2 rings (SSSR count). The van der Waals surface area contributed by atoms with Gasteiger partial charge < -0.3 is 9.84 Å². The Kier molecular flexibility index (Phi) is 5.38. The molecule has 0 atom stereocenters. The Morgan fingerprint density at radius 3 is 2.59 bits per heavy atom. The number of hydrogen-bond acceptors (Lipinski definition) is 4. The first-order chi connectivity index (χ1) is 10.6. The highest BCUT2D eigenvalue weighted by Crippen LogP contribution is 2.16. The molecule has 1 amide bonds. The number of aromatic hydroxyl groups is 1. The number of hydrogen-bond donors (Lipinski definition) is 2. The van der Waals surface area contributed by atoms with E-state index in [1.165, 1.54) is 0 Å². The maximum Gasteiger partial charge on any atom is 0.277 e. The second-order valence-electron chi connectivity index (χ2n) is 4.49. The van der Waals surface area contributed by atoms with Crippen LogP contribution >= 0.6 is 11.6 Å². The van der Waals surface area contributed by atoms with Crippen LogP contribution in [0.3, 0.4) is 0 Å². The molecular weight excluding hydrogens is 304 g/mol. The number of para-hydroxylation sites is 1. The lowest BCUT2D eigenvalue weighted by atomic mass is 10.1. The molecule has 0 saturated heterocycles. The molecule has 2 aromatic rings. The quantitative estimate of drug-likeness (QED) is 0.657. The van der Waals surface area contributed by atoms with Crippen molar-refractivity contribution in [2.24, 2.45) is 5.10 Å². The van der Waals surface area contributed by atoms with E-state index in [9.17, 15) is 9.90 Å². The van der Waals surface area contributed by atoms with Crippen LogP contribution in [0.1, 0.15) is 12.5 Å². The maximum atomic E-state index is 11.7. The van der Waals surface area contributed by atoms with Crippen LogP contribution in [-0.2, 0) is 4.79 Å². The number of hydrazone groups is 1. The van der Waals surface area contributed by atoms with Crippen LogP contribution in [-0.4, -0.2) is 23.3 Å². The minimum absolute atomic E-state index is 0.107. The van der Waals surface area contributed by atoms with Crippen LogP contribution in [0, 0.1) is 0 Å². The van der Waals surface area contributed by atoms with E-state index >= 15 is 0 Å². The highest BCUT2D eigenvalue weighted by Gasteiger charge is 2.05. The SMILES string of the molecule is CC(=NNC(=O)COc1ccc(Cl)cc1)c1ccccc1O. The Morgan fingerprint density at radius 2 is 1.91 bits per heavy atom. The molecule has 0 aliphatic carbocycles. The first kappa shape index (κ1) is 15.9. The monoisotopic (exact) mass is 318 g/mol. The molecule has 2 N–H and O–H groups in total. The summed E-state index contributed by atoms with van der Waals surface area (Å²) < 4.78 is 5.30. The van der Waals surface area contributed by atoms with Gasteiger partial charge in [-0.2, -0.15) is 5.10 Å². The van der Waals surface area contributed by atoms with E-state index in [0.29, 0.717) is 22.0 Å². The molecular formula is C16H15ClN2O3. The van der Waals surface area contributed by atoms with Crippen LogP contribution < -0.4 is 10.2 Å². The van der Waals surface area contributed by atoms with Gasteiger partial charge in [0.25, 0.3) is 5.91 Å². The first-order valence-electron chi connectivity index (χ1n) is 6.56. The van der Waals surface area contributed by atoms with Gasteiger partial charge in [0.05, 0.1) is 5.71 Å². The van der Waals surface area contributed by atoms with E-state index in [1.807, 2.05) is 0 Å². The van der Waals surface area contributed by atoms with Gasteiger partial charge >= 0.3 is 0 Å². The largest absolute Gasteiger partial charge is 0.507 e. The summed E-state index contributed by atoms with van der Waals surface area (Å²) in [5, 5.41) is 14.2. The summed E-state index contributed by atoms with van der Waals surface area (Å²) in [6.45, 7) is 1.52. The molecule has 0 saturated carbocycles. The normalized spacial score (nSPS) is 11.1. The Morgan fingerprint density at radius 1 is 1.23 bits per heavy atom. The van der Waals surface area contributed by atoms with Gasteiger partial charge in [0.2, 0.25) is 0 Å². The zero-order chi connectivity index (χ0) is 15.9. The predicted molar refractivity (Wildman–Crippen MR) is 85.4 cm³/mol. The van der Waals surface area contributed by atoms with Crippen LogP contribution in [0.25, 0.3) is 0 Å². The van der Waals surface area contributed by atoms with Gasteiger partial charge in [-0.25, -0.2) is 5.43 Å². The summed E-state index contributed by atoms with van der Waals surface area (Å²) >= 11 is 5.76. The number of benzene rings is 2. The summed E-state index contributed by atoms with van der Waals surface area (Å²) in [6, 6.07) is 13.5. The van der Waals surface area contributed by atoms with Crippen LogP contribution in [0.4, 0.5) is 0 Å². The number of nitrogens with one attached hydrogen (secondary N) is 1. The van der Waals surface area contributed by atoms with Crippen molar-refractivity contribution in [2.75, 3.05) is 6.61 Å². The number of halogens is 1. The van der Waals surface area contributed by atoms with E-state index in [0.717, 1.165) is 0 Å². The van der Waals surface area contributed by atoms with Gasteiger partial charge in [-0.15, -0.1) is 0 Å². The molecule has 0 aliphatic heterocycles. The number of rotatable bonds is 5. The van der Waals surface area contributed by atoms with E-state index in [4.69, 9.17) is 16.3 Å². The van der Waals surface area contributed by atoms with Gasteiger partial charge in [0.15, 0.2) is 6.61 Å². The molecule has 0 spiro atoms. The van der Waals surface area contributed by atoms with Crippen molar-refractivity contribution >= 4 is 23.2 Å². The maximum absolute atomic E-state index is 11.7. The third-order valence-electron chi connectivity index (χ3n) is 2.83. The number of carbonyl (C=O) groups is 1. The predicted octanol–water partition coefficient (Wildman–Crippen LogP) is 2.96. The molecule has 6 heteroatoms. The third kappa shape index (κ3) is 4.49. The highest BCUT2D eigenvalue weighted by molar-refractivity contribution is 6.30. The van der Waals surface area contributed by atoms with Gasteiger partial charge in [-0.1, -0.05) is 23.7 Å². The van der Waals surface area contributed by atoms with Crippen molar-refractivity contribution in [3.8, 4) is 11.5 Å². The van der Waals surface area contributed by atoms with Crippen LogP contribution in [0.2, 0.25) is 5.02 Å². The lowest BCUT2D eigenvalue weighted by Crippen LogP contribution is -2.25. The van der Waals surface area contributed by atoms with Gasteiger partial charge in [-0.05, 0) is 43.3 Å². The fraction of sp³-hybridized carbons (Fsp3) is 0.125. The van der Waals surface area contributed by atoms with Crippen LogP contribution in [0.5, 0.6) is 11.5 Å². The minimum Gasteiger partial charge on any atom is -0.507 e. The number of phenolic OH excluding ortho intramolecular Hbond substituents is 1. The van der Waals surface area contributed by atoms with Crippen molar-refractivity contribution in [2.45, 2.75) is 6.92 Å². The molecule has 0 aliphatic rings. The number of phenols is 1. The van der Waals surface area contributed by atoms with Crippen molar-refractivity contribution in [1.82, 2.24) is 5.43 Å². The Hall–Kier alpha value is -2.53. The van der Waals surface area contributed by atoms with E-state index in [2.05, 4.69) is 10.5 Å². The molecule has 0 radical (unpaired) electrons. The molecule has 0 fully saturated rings. The van der Waals surface area contributed by atoms with Gasteiger partial charge in [0.1, 0.15) is 11.5 Å². The standard InChI is InChI=1S/C16H15ClN2O3/c1-11(14-4-2-3-5-15(14)20)18-19-16(21)10-22-13-8-6-12(17)7-9-13/h2-9,20H,10H2,1H3,(H,19,21). The number of amides is 1. The van der Waals surface area contributed by atoms with Crippen LogP contribution in [0.15, 0.2) is 53.6 Å².